The first kappa shape index (κ1) is 15.8. The van der Waals surface area contributed by atoms with Crippen LogP contribution in [0.4, 0.5) is 5.13 Å². The van der Waals surface area contributed by atoms with E-state index in [1.165, 1.54) is 41.4 Å². The zero-order valence-electron chi connectivity index (χ0n) is 13.4. The summed E-state index contributed by atoms with van der Waals surface area (Å²) in [6.45, 7) is 8.72. The molecule has 2 rings (SSSR count). The van der Waals surface area contributed by atoms with E-state index in [-0.39, 0.29) is 0 Å². The zero-order chi connectivity index (χ0) is 14.5. The number of anilines is 1. The minimum absolute atomic E-state index is 0.689. The molecule has 0 bridgehead atoms. The predicted molar refractivity (Wildman–Crippen MR) is 88.7 cm³/mol. The van der Waals surface area contributed by atoms with Gasteiger partial charge in [0.1, 0.15) is 0 Å². The zero-order valence-corrected chi connectivity index (χ0v) is 14.2. The van der Waals surface area contributed by atoms with Gasteiger partial charge in [-0.25, -0.2) is 4.98 Å². The number of hydrogen-bond donors (Lipinski definition) is 1. The van der Waals surface area contributed by atoms with Crippen molar-refractivity contribution < 1.29 is 0 Å². The fourth-order valence-corrected chi connectivity index (χ4v) is 4.11. The molecule has 1 saturated carbocycles. The largest absolute Gasteiger partial charge is 0.348 e. The molecule has 1 aromatic rings. The molecular weight excluding hydrogens is 266 g/mol. The fourth-order valence-electron chi connectivity index (χ4n) is 2.96. The van der Waals surface area contributed by atoms with Crippen molar-refractivity contribution in [3.63, 3.8) is 0 Å². The third-order valence-corrected chi connectivity index (χ3v) is 5.66. The lowest BCUT2D eigenvalue weighted by molar-refractivity contribution is 0.340. The number of nitrogens with one attached hydrogen (secondary N) is 1. The second-order valence-electron chi connectivity index (χ2n) is 6.02. The van der Waals surface area contributed by atoms with Crippen LogP contribution in [0.15, 0.2) is 0 Å². The van der Waals surface area contributed by atoms with Gasteiger partial charge in [0.05, 0.1) is 5.69 Å². The van der Waals surface area contributed by atoms with Gasteiger partial charge < -0.3 is 10.2 Å². The van der Waals surface area contributed by atoms with Crippen LogP contribution < -0.4 is 10.2 Å². The second-order valence-corrected chi connectivity index (χ2v) is 7.09. The van der Waals surface area contributed by atoms with Crippen LogP contribution in [0, 0.1) is 5.92 Å². The molecule has 20 heavy (non-hydrogen) atoms. The minimum Gasteiger partial charge on any atom is -0.348 e. The van der Waals surface area contributed by atoms with Gasteiger partial charge in [0.2, 0.25) is 0 Å². The summed E-state index contributed by atoms with van der Waals surface area (Å²) in [6, 6.07) is 0.689. The van der Waals surface area contributed by atoms with Gasteiger partial charge in [-0.05, 0) is 44.6 Å². The van der Waals surface area contributed by atoms with Crippen molar-refractivity contribution >= 4 is 16.5 Å². The van der Waals surface area contributed by atoms with Crippen LogP contribution in [0.1, 0.15) is 57.0 Å². The molecule has 1 N–H and O–H groups in total. The Morgan fingerprint density at radius 2 is 1.95 bits per heavy atom. The normalized spacial score (nSPS) is 23.0. The molecule has 1 heterocycles. The van der Waals surface area contributed by atoms with E-state index >= 15 is 0 Å². The van der Waals surface area contributed by atoms with E-state index in [1.807, 2.05) is 11.3 Å². The van der Waals surface area contributed by atoms with Gasteiger partial charge in [-0.15, -0.1) is 11.3 Å². The Morgan fingerprint density at radius 3 is 2.55 bits per heavy atom. The van der Waals surface area contributed by atoms with E-state index in [4.69, 9.17) is 4.98 Å². The van der Waals surface area contributed by atoms with Crippen molar-refractivity contribution in [3.05, 3.63) is 10.6 Å². The average Bonchev–Trinajstić information content (AvgIpc) is 2.88. The molecule has 0 amide bonds. The predicted octanol–water partition coefficient (Wildman–Crippen LogP) is 3.83. The standard InChI is InChI=1S/C16H29N3S/c1-5-14-15(11-17-6-2)20-16(18-14)19(4)13-9-7-12(3)8-10-13/h12-13,17H,5-11H2,1-4H3. The van der Waals surface area contributed by atoms with Crippen LogP contribution in [0.3, 0.4) is 0 Å². The van der Waals surface area contributed by atoms with Crippen LogP contribution >= 0.6 is 11.3 Å². The maximum atomic E-state index is 4.88. The van der Waals surface area contributed by atoms with Crippen molar-refractivity contribution in [2.75, 3.05) is 18.5 Å². The van der Waals surface area contributed by atoms with Gasteiger partial charge in [0.15, 0.2) is 5.13 Å². The molecule has 0 aromatic carbocycles. The lowest BCUT2D eigenvalue weighted by Crippen LogP contribution is -2.34. The fraction of sp³-hybridized carbons (Fsp3) is 0.812. The Hall–Kier alpha value is -0.610. The van der Waals surface area contributed by atoms with Crippen molar-refractivity contribution in [2.45, 2.75) is 65.5 Å². The second kappa shape index (κ2) is 7.41. The SMILES string of the molecule is CCNCc1sc(N(C)C2CCC(C)CC2)nc1CC. The molecule has 0 radical (unpaired) electrons. The van der Waals surface area contributed by atoms with Gasteiger partial charge in [-0.3, -0.25) is 0 Å². The maximum absolute atomic E-state index is 4.88. The Kier molecular flexibility index (Phi) is 5.85. The number of nitrogens with zero attached hydrogens (tertiary/aromatic N) is 2. The summed E-state index contributed by atoms with van der Waals surface area (Å²) in [7, 11) is 2.23. The highest BCUT2D eigenvalue weighted by atomic mass is 32.1. The number of thiazole rings is 1. The topological polar surface area (TPSA) is 28.2 Å². The van der Waals surface area contributed by atoms with E-state index in [0.29, 0.717) is 6.04 Å². The van der Waals surface area contributed by atoms with E-state index in [0.717, 1.165) is 25.4 Å². The molecule has 1 fully saturated rings. The lowest BCUT2D eigenvalue weighted by atomic mass is 9.87. The third kappa shape index (κ3) is 3.73. The van der Waals surface area contributed by atoms with Crippen LogP contribution in [0.2, 0.25) is 0 Å². The first-order chi connectivity index (χ1) is 9.65. The molecule has 0 saturated heterocycles. The Labute approximate surface area is 127 Å². The average molecular weight is 295 g/mol. The van der Waals surface area contributed by atoms with Crippen molar-refractivity contribution in [1.29, 1.82) is 0 Å². The summed E-state index contributed by atoms with van der Waals surface area (Å²) >= 11 is 1.88. The third-order valence-electron chi connectivity index (χ3n) is 4.47. The quantitative estimate of drug-likeness (QED) is 0.864. The molecule has 4 heteroatoms. The molecule has 1 aromatic heterocycles. The summed E-state index contributed by atoms with van der Waals surface area (Å²) in [5.41, 5.74) is 1.28. The first-order valence-electron chi connectivity index (χ1n) is 8.07. The smallest absolute Gasteiger partial charge is 0.185 e. The number of hydrogen-bond acceptors (Lipinski definition) is 4. The summed E-state index contributed by atoms with van der Waals surface area (Å²) < 4.78 is 0. The number of aromatic nitrogens is 1. The van der Waals surface area contributed by atoms with Crippen molar-refractivity contribution in [3.8, 4) is 0 Å². The van der Waals surface area contributed by atoms with Crippen LogP contribution in [-0.2, 0) is 13.0 Å². The summed E-state index contributed by atoms with van der Waals surface area (Å²) in [6.07, 6.45) is 6.41. The van der Waals surface area contributed by atoms with Crippen LogP contribution in [0.25, 0.3) is 0 Å². The highest BCUT2D eigenvalue weighted by Gasteiger charge is 2.24. The van der Waals surface area contributed by atoms with Gasteiger partial charge in [-0.1, -0.05) is 20.8 Å². The van der Waals surface area contributed by atoms with Gasteiger partial charge in [-0.2, -0.15) is 0 Å². The van der Waals surface area contributed by atoms with Gasteiger partial charge in [0, 0.05) is 24.5 Å². The van der Waals surface area contributed by atoms with Crippen molar-refractivity contribution in [2.24, 2.45) is 5.92 Å². The Bertz CT molecular complexity index is 408. The molecule has 0 atom stereocenters. The van der Waals surface area contributed by atoms with E-state index in [1.54, 1.807) is 0 Å². The van der Waals surface area contributed by atoms with Gasteiger partial charge in [0.25, 0.3) is 0 Å². The molecule has 0 spiro atoms. The maximum Gasteiger partial charge on any atom is 0.185 e. The molecule has 1 aliphatic rings. The number of rotatable bonds is 6. The minimum atomic E-state index is 0.689. The van der Waals surface area contributed by atoms with E-state index in [9.17, 15) is 0 Å². The monoisotopic (exact) mass is 295 g/mol. The van der Waals surface area contributed by atoms with E-state index in [2.05, 4.69) is 38.0 Å². The molecule has 3 nitrogen and oxygen atoms in total. The van der Waals surface area contributed by atoms with E-state index < -0.39 is 0 Å². The number of aryl methyl sites for hydroxylation is 1. The summed E-state index contributed by atoms with van der Waals surface area (Å²) in [5, 5.41) is 4.65. The highest BCUT2D eigenvalue weighted by molar-refractivity contribution is 7.15. The summed E-state index contributed by atoms with van der Waals surface area (Å²) in [4.78, 5) is 8.73. The Morgan fingerprint density at radius 1 is 1.25 bits per heavy atom. The Balaban J connectivity index is 2.05. The molecule has 114 valence electrons. The van der Waals surface area contributed by atoms with Crippen LogP contribution in [-0.4, -0.2) is 24.6 Å². The molecule has 1 aliphatic carbocycles. The molecule has 0 unspecified atom stereocenters. The van der Waals surface area contributed by atoms with Gasteiger partial charge >= 0.3 is 0 Å². The molecule has 0 aliphatic heterocycles. The first-order valence-corrected chi connectivity index (χ1v) is 8.89. The summed E-state index contributed by atoms with van der Waals surface area (Å²) in [5.74, 6) is 0.909. The van der Waals surface area contributed by atoms with Crippen molar-refractivity contribution in [1.82, 2.24) is 10.3 Å². The highest BCUT2D eigenvalue weighted by Crippen LogP contribution is 2.32. The van der Waals surface area contributed by atoms with Crippen LogP contribution in [0.5, 0.6) is 0 Å². The lowest BCUT2D eigenvalue weighted by Gasteiger charge is -2.33. The molecular formula is C16H29N3S.